The SMILES string of the molecule is Cc1c(C(=O)N2CCN(C(=O)C(C)(C)c3ccccc3)CC2)cnn1-c1cccc(Cl)c1. The third-order valence-corrected chi connectivity index (χ3v) is 6.41. The smallest absolute Gasteiger partial charge is 0.257 e. The summed E-state index contributed by atoms with van der Waals surface area (Å²) in [6, 6.07) is 17.2. The Morgan fingerprint density at radius 2 is 1.59 bits per heavy atom. The number of amides is 2. The van der Waals surface area contributed by atoms with Crippen LogP contribution in [0.1, 0.15) is 35.5 Å². The van der Waals surface area contributed by atoms with Crippen LogP contribution >= 0.6 is 11.6 Å². The van der Waals surface area contributed by atoms with Gasteiger partial charge in [-0.1, -0.05) is 48.0 Å². The zero-order chi connectivity index (χ0) is 22.9. The molecule has 0 spiro atoms. The molecule has 1 aromatic heterocycles. The van der Waals surface area contributed by atoms with Gasteiger partial charge in [0.2, 0.25) is 5.91 Å². The van der Waals surface area contributed by atoms with Crippen molar-refractivity contribution in [3.8, 4) is 5.69 Å². The number of benzene rings is 2. The Kier molecular flexibility index (Phi) is 6.07. The Morgan fingerprint density at radius 3 is 2.25 bits per heavy atom. The number of carbonyl (C=O) groups excluding carboxylic acids is 2. The summed E-state index contributed by atoms with van der Waals surface area (Å²) >= 11 is 6.10. The van der Waals surface area contributed by atoms with E-state index in [1.165, 1.54) is 0 Å². The summed E-state index contributed by atoms with van der Waals surface area (Å²) < 4.78 is 1.72. The van der Waals surface area contributed by atoms with E-state index in [4.69, 9.17) is 11.6 Å². The molecule has 3 aromatic rings. The number of aromatic nitrogens is 2. The zero-order valence-electron chi connectivity index (χ0n) is 18.6. The number of halogens is 1. The molecule has 0 saturated carbocycles. The topological polar surface area (TPSA) is 58.4 Å². The van der Waals surface area contributed by atoms with E-state index in [0.29, 0.717) is 36.8 Å². The van der Waals surface area contributed by atoms with E-state index in [9.17, 15) is 9.59 Å². The van der Waals surface area contributed by atoms with Gasteiger partial charge in [-0.05, 0) is 44.5 Å². The lowest BCUT2D eigenvalue weighted by atomic mass is 9.83. The molecule has 2 heterocycles. The second-order valence-electron chi connectivity index (χ2n) is 8.61. The molecule has 0 unspecified atom stereocenters. The summed E-state index contributed by atoms with van der Waals surface area (Å²) in [5, 5.41) is 5.01. The average Bonchev–Trinajstić information content (AvgIpc) is 3.20. The lowest BCUT2D eigenvalue weighted by molar-refractivity contribution is -0.137. The van der Waals surface area contributed by atoms with Crippen molar-refractivity contribution in [2.75, 3.05) is 26.2 Å². The highest BCUT2D eigenvalue weighted by Gasteiger charge is 2.36. The van der Waals surface area contributed by atoms with Gasteiger partial charge in [0.25, 0.3) is 5.91 Å². The Hall–Kier alpha value is -3.12. The highest BCUT2D eigenvalue weighted by molar-refractivity contribution is 6.30. The highest BCUT2D eigenvalue weighted by atomic mass is 35.5. The first-order chi connectivity index (χ1) is 15.3. The number of carbonyl (C=O) groups is 2. The number of hydrogen-bond acceptors (Lipinski definition) is 3. The monoisotopic (exact) mass is 450 g/mol. The van der Waals surface area contributed by atoms with Crippen molar-refractivity contribution in [3.63, 3.8) is 0 Å². The molecule has 0 aliphatic carbocycles. The van der Waals surface area contributed by atoms with Crippen LogP contribution < -0.4 is 0 Å². The van der Waals surface area contributed by atoms with Gasteiger partial charge in [-0.3, -0.25) is 9.59 Å². The van der Waals surface area contributed by atoms with Crippen LogP contribution in [-0.2, 0) is 10.2 Å². The van der Waals surface area contributed by atoms with Crippen LogP contribution in [0.5, 0.6) is 0 Å². The number of rotatable bonds is 4. The van der Waals surface area contributed by atoms with E-state index in [1.807, 2.05) is 74.2 Å². The summed E-state index contributed by atoms with van der Waals surface area (Å²) in [7, 11) is 0. The summed E-state index contributed by atoms with van der Waals surface area (Å²) in [6.07, 6.45) is 1.61. The second kappa shape index (κ2) is 8.79. The second-order valence-corrected chi connectivity index (χ2v) is 9.05. The fourth-order valence-electron chi connectivity index (χ4n) is 4.14. The predicted octanol–water partition coefficient (Wildman–Crippen LogP) is 4.10. The molecular weight excluding hydrogens is 424 g/mol. The van der Waals surface area contributed by atoms with Crippen molar-refractivity contribution in [2.24, 2.45) is 0 Å². The van der Waals surface area contributed by atoms with E-state index in [1.54, 1.807) is 21.8 Å². The number of hydrogen-bond donors (Lipinski definition) is 0. The van der Waals surface area contributed by atoms with Gasteiger partial charge in [0.15, 0.2) is 0 Å². The fraction of sp³-hybridized carbons (Fsp3) is 0.320. The lowest BCUT2D eigenvalue weighted by Gasteiger charge is -2.38. The van der Waals surface area contributed by atoms with Crippen LogP contribution in [0.25, 0.3) is 5.69 Å². The predicted molar refractivity (Wildman–Crippen MR) is 125 cm³/mol. The van der Waals surface area contributed by atoms with Crippen LogP contribution in [0.3, 0.4) is 0 Å². The Bertz CT molecular complexity index is 1130. The van der Waals surface area contributed by atoms with Gasteiger partial charge in [0.05, 0.1) is 28.6 Å². The van der Waals surface area contributed by atoms with Crippen molar-refractivity contribution in [3.05, 3.63) is 82.6 Å². The minimum atomic E-state index is -0.609. The molecule has 0 bridgehead atoms. The zero-order valence-corrected chi connectivity index (χ0v) is 19.3. The molecule has 32 heavy (non-hydrogen) atoms. The molecule has 6 nitrogen and oxygen atoms in total. The van der Waals surface area contributed by atoms with Crippen molar-refractivity contribution < 1.29 is 9.59 Å². The van der Waals surface area contributed by atoms with Crippen LogP contribution in [0, 0.1) is 6.92 Å². The maximum absolute atomic E-state index is 13.2. The first-order valence-electron chi connectivity index (χ1n) is 10.7. The minimum Gasteiger partial charge on any atom is -0.338 e. The first-order valence-corrected chi connectivity index (χ1v) is 11.1. The Morgan fingerprint density at radius 1 is 0.938 bits per heavy atom. The van der Waals surface area contributed by atoms with Crippen molar-refractivity contribution in [1.82, 2.24) is 19.6 Å². The van der Waals surface area contributed by atoms with Gasteiger partial charge in [0, 0.05) is 31.2 Å². The molecule has 4 rings (SSSR count). The van der Waals surface area contributed by atoms with Crippen LogP contribution in [-0.4, -0.2) is 57.6 Å². The molecule has 2 amide bonds. The number of piperazine rings is 1. The molecule has 2 aromatic carbocycles. The number of nitrogens with zero attached hydrogens (tertiary/aromatic N) is 4. The van der Waals surface area contributed by atoms with E-state index in [0.717, 1.165) is 16.9 Å². The highest BCUT2D eigenvalue weighted by Crippen LogP contribution is 2.26. The molecule has 7 heteroatoms. The molecule has 1 fully saturated rings. The molecular formula is C25H27ClN4O2. The van der Waals surface area contributed by atoms with E-state index in [2.05, 4.69) is 5.10 Å². The van der Waals surface area contributed by atoms with Crippen LogP contribution in [0.2, 0.25) is 5.02 Å². The lowest BCUT2D eigenvalue weighted by Crippen LogP contribution is -2.54. The quantitative estimate of drug-likeness (QED) is 0.601. The molecule has 1 aliphatic rings. The summed E-state index contributed by atoms with van der Waals surface area (Å²) in [6.45, 7) is 7.81. The van der Waals surface area contributed by atoms with Gasteiger partial charge in [-0.2, -0.15) is 5.10 Å². The Labute approximate surface area is 193 Å². The summed E-state index contributed by atoms with van der Waals surface area (Å²) in [5.41, 5.74) is 2.53. The Balaban J connectivity index is 1.44. The molecule has 0 N–H and O–H groups in total. The van der Waals surface area contributed by atoms with Crippen molar-refractivity contribution in [2.45, 2.75) is 26.2 Å². The fourth-order valence-corrected chi connectivity index (χ4v) is 4.33. The van der Waals surface area contributed by atoms with Gasteiger partial charge in [-0.15, -0.1) is 0 Å². The largest absolute Gasteiger partial charge is 0.338 e. The average molecular weight is 451 g/mol. The van der Waals surface area contributed by atoms with E-state index < -0.39 is 5.41 Å². The molecule has 166 valence electrons. The maximum atomic E-state index is 13.2. The van der Waals surface area contributed by atoms with Gasteiger partial charge < -0.3 is 9.80 Å². The van der Waals surface area contributed by atoms with E-state index >= 15 is 0 Å². The third kappa shape index (κ3) is 4.15. The molecule has 1 saturated heterocycles. The molecule has 0 atom stereocenters. The van der Waals surface area contributed by atoms with Crippen LogP contribution in [0.15, 0.2) is 60.8 Å². The van der Waals surface area contributed by atoms with Crippen LogP contribution in [0.4, 0.5) is 0 Å². The minimum absolute atomic E-state index is 0.0646. The normalized spacial score (nSPS) is 14.5. The maximum Gasteiger partial charge on any atom is 0.257 e. The summed E-state index contributed by atoms with van der Waals surface area (Å²) in [5.74, 6) is 0.0194. The molecule has 1 aliphatic heterocycles. The van der Waals surface area contributed by atoms with Gasteiger partial charge >= 0.3 is 0 Å². The van der Waals surface area contributed by atoms with E-state index in [-0.39, 0.29) is 11.8 Å². The van der Waals surface area contributed by atoms with Gasteiger partial charge in [-0.25, -0.2) is 4.68 Å². The third-order valence-electron chi connectivity index (χ3n) is 6.18. The molecule has 0 radical (unpaired) electrons. The first kappa shape index (κ1) is 22.1. The van der Waals surface area contributed by atoms with Gasteiger partial charge in [0.1, 0.15) is 0 Å². The summed E-state index contributed by atoms with van der Waals surface area (Å²) in [4.78, 5) is 30.0. The van der Waals surface area contributed by atoms with Crippen molar-refractivity contribution in [1.29, 1.82) is 0 Å². The van der Waals surface area contributed by atoms with Crippen molar-refractivity contribution >= 4 is 23.4 Å². The standard InChI is InChI=1S/C25H27ClN4O2/c1-18-22(17-27-30(18)21-11-7-10-20(26)16-21)23(31)28-12-14-29(15-13-28)24(32)25(2,3)19-8-5-4-6-9-19/h4-11,16-17H,12-15H2,1-3H3.